The summed E-state index contributed by atoms with van der Waals surface area (Å²) in [5.74, 6) is -1.97. The van der Waals surface area contributed by atoms with Gasteiger partial charge in [-0.05, 0) is 48.7 Å². The van der Waals surface area contributed by atoms with Crippen LogP contribution in [-0.2, 0) is 16.9 Å². The third-order valence-electron chi connectivity index (χ3n) is 7.46. The number of carbonyl (C=O) groups excluding carboxylic acids is 1. The largest absolute Gasteiger partial charge is 1.00 e. The summed E-state index contributed by atoms with van der Waals surface area (Å²) in [6.07, 6.45) is 0.837. The predicted octanol–water partition coefficient (Wildman–Crippen LogP) is 1.32. The molecule has 1 aliphatic heterocycles. The number of amides is 1. The number of benzene rings is 2. The second-order valence-electron chi connectivity index (χ2n) is 10.4. The molecule has 5 rings (SSSR count). The molecule has 234 valence electrons. The van der Waals surface area contributed by atoms with E-state index in [1.165, 1.54) is 27.2 Å². The zero-order chi connectivity index (χ0) is 30.0. The van der Waals surface area contributed by atoms with Gasteiger partial charge in [-0.25, -0.2) is 18.6 Å². The van der Waals surface area contributed by atoms with E-state index in [2.05, 4.69) is 21.1 Å². The molecule has 0 saturated carbocycles. The smallest absolute Gasteiger partial charge is 0.410 e. The van der Waals surface area contributed by atoms with E-state index in [-0.39, 0.29) is 43.0 Å². The number of aromatic amines is 1. The molecule has 3 heterocycles. The second-order valence-corrected chi connectivity index (χ2v) is 11.3. The molecule has 10 nitrogen and oxygen atoms in total. The predicted molar refractivity (Wildman–Crippen MR) is 156 cm³/mol. The number of nitrogens with zero attached hydrogens (tertiary/aromatic N) is 5. The summed E-state index contributed by atoms with van der Waals surface area (Å²) in [6, 6.07) is 11.8. The standard InChI is InChI=1S/C29H29F2N7O3S.2ClH/c1-17(27-35-25(14-42-27)20-5-3-19(12-32)4-6-20)29(40,23-11-21(30)7-8-24(23)31)15-38-16-34-26(36-38)18(2)41-28(39)37-10-9-22(33)13-37;;/h3-8,11,14,16-18,22,40H,9-10,13,15,33H2,1-2H3;2*1H/t17-,18?,22-,29+;;/m0../s1. The number of ether oxygens (including phenoxy) is 1. The van der Waals surface area contributed by atoms with Crippen LogP contribution in [0.25, 0.3) is 11.3 Å². The van der Waals surface area contributed by atoms with E-state index >= 15 is 4.39 Å². The number of hydrogen-bond acceptors (Lipinski definition) is 8. The summed E-state index contributed by atoms with van der Waals surface area (Å²) in [5, 5.41) is 26.5. The lowest BCUT2D eigenvalue weighted by Crippen LogP contribution is -3.00. The number of aromatic nitrogens is 4. The van der Waals surface area contributed by atoms with Gasteiger partial charge < -0.3 is 32.9 Å². The minimum absolute atomic E-state index is 0. The number of likely N-dealkylation sites (tertiary alicyclic amines) is 1. The first-order chi connectivity index (χ1) is 20.1. The van der Waals surface area contributed by atoms with Gasteiger partial charge in [0.2, 0.25) is 0 Å². The number of rotatable bonds is 8. The fourth-order valence-corrected chi connectivity index (χ4v) is 5.90. The fraction of sp³-hybridized carbons (Fsp3) is 0.345. The molecule has 0 aliphatic carbocycles. The molecule has 1 saturated heterocycles. The minimum Gasteiger partial charge on any atom is -1.00 e. The highest BCUT2D eigenvalue weighted by atomic mass is 35.5. The Labute approximate surface area is 269 Å². The number of hydrogen-bond donors (Lipinski definition) is 3. The van der Waals surface area contributed by atoms with E-state index in [9.17, 15) is 14.3 Å². The lowest BCUT2D eigenvalue weighted by molar-refractivity contribution is -0.765. The van der Waals surface area contributed by atoms with Crippen molar-refractivity contribution >= 4 is 29.8 Å². The van der Waals surface area contributed by atoms with E-state index in [0.717, 1.165) is 23.8 Å². The highest BCUT2D eigenvalue weighted by Crippen LogP contribution is 2.41. The van der Waals surface area contributed by atoms with Gasteiger partial charge in [0.05, 0.1) is 22.3 Å². The Balaban J connectivity index is 0.00000264. The molecule has 0 bridgehead atoms. The monoisotopic (exact) mass is 665 g/mol. The SMILES string of the molecule is CC(OC(=O)N1CC[C@H](N)C1)c1nc[n+](C[C@](O)(c2cc(F)ccc2F)[C@@H](C)c2nc(-c3ccc(C#N)cc3)cs2)[nH]1.Cl.[Cl-]. The van der Waals surface area contributed by atoms with Gasteiger partial charge in [-0.3, -0.25) is 0 Å². The third-order valence-corrected chi connectivity index (χ3v) is 8.49. The molecule has 44 heavy (non-hydrogen) atoms. The molecule has 1 unspecified atom stereocenters. The van der Waals surface area contributed by atoms with E-state index in [0.29, 0.717) is 41.6 Å². The van der Waals surface area contributed by atoms with Crippen molar-refractivity contribution in [2.24, 2.45) is 5.73 Å². The Kier molecular flexibility index (Phi) is 11.4. The minimum atomic E-state index is -1.97. The average molecular weight is 667 g/mol. The Hall–Kier alpha value is -3.67. The van der Waals surface area contributed by atoms with Gasteiger partial charge in [0.25, 0.3) is 5.82 Å². The van der Waals surface area contributed by atoms with E-state index in [1.54, 1.807) is 43.5 Å². The maximum atomic E-state index is 15.2. The van der Waals surface area contributed by atoms with Crippen LogP contribution in [0.4, 0.5) is 13.6 Å². The van der Waals surface area contributed by atoms with Gasteiger partial charge in [-0.2, -0.15) is 15.0 Å². The number of halogens is 4. The van der Waals surface area contributed by atoms with Crippen LogP contribution in [0.3, 0.4) is 0 Å². The van der Waals surface area contributed by atoms with Crippen molar-refractivity contribution in [1.82, 2.24) is 20.0 Å². The first-order valence-electron chi connectivity index (χ1n) is 13.4. The summed E-state index contributed by atoms with van der Waals surface area (Å²) < 4.78 is 36.5. The molecule has 1 aliphatic rings. The van der Waals surface area contributed by atoms with Gasteiger partial charge >= 0.3 is 12.4 Å². The van der Waals surface area contributed by atoms with Crippen LogP contribution in [-0.4, -0.2) is 50.3 Å². The molecule has 15 heteroatoms. The number of carbonyl (C=O) groups is 1. The van der Waals surface area contributed by atoms with Crippen LogP contribution >= 0.6 is 23.7 Å². The van der Waals surface area contributed by atoms with Gasteiger partial charge in [0.15, 0.2) is 6.10 Å². The molecule has 2 aromatic heterocycles. The van der Waals surface area contributed by atoms with Crippen molar-refractivity contribution in [3.05, 3.63) is 87.8 Å². The Morgan fingerprint density at radius 1 is 1.32 bits per heavy atom. The van der Waals surface area contributed by atoms with E-state index in [4.69, 9.17) is 15.7 Å². The van der Waals surface area contributed by atoms with Crippen LogP contribution in [0, 0.1) is 23.0 Å². The van der Waals surface area contributed by atoms with Crippen LogP contribution < -0.4 is 22.8 Å². The maximum absolute atomic E-state index is 15.2. The van der Waals surface area contributed by atoms with E-state index < -0.39 is 35.4 Å². The lowest BCUT2D eigenvalue weighted by Gasteiger charge is -2.32. The average Bonchev–Trinajstić information content (AvgIpc) is 3.75. The van der Waals surface area contributed by atoms with E-state index in [1.807, 2.05) is 0 Å². The molecular formula is C29H31Cl2F2N7O3S. The molecular weight excluding hydrogens is 635 g/mol. The van der Waals surface area contributed by atoms with Gasteiger partial charge in [0, 0.05) is 41.6 Å². The Morgan fingerprint density at radius 3 is 2.70 bits per heavy atom. The zero-order valence-corrected chi connectivity index (χ0v) is 26.2. The van der Waals surface area contributed by atoms with Crippen molar-refractivity contribution in [2.45, 2.75) is 50.5 Å². The molecule has 4 aromatic rings. The first kappa shape index (κ1) is 34.8. The maximum Gasteiger partial charge on any atom is 0.410 e. The number of aliphatic hydroxyl groups is 1. The van der Waals surface area contributed by atoms with Crippen LogP contribution in [0.5, 0.6) is 0 Å². The molecule has 2 aromatic carbocycles. The highest BCUT2D eigenvalue weighted by molar-refractivity contribution is 7.10. The first-order valence-corrected chi connectivity index (χ1v) is 14.2. The quantitative estimate of drug-likeness (QED) is 0.241. The van der Waals surface area contributed by atoms with Gasteiger partial charge in [-0.1, -0.05) is 19.1 Å². The van der Waals surface area contributed by atoms with Gasteiger partial charge in [-0.15, -0.1) is 23.7 Å². The third kappa shape index (κ3) is 7.34. The summed E-state index contributed by atoms with van der Waals surface area (Å²) in [4.78, 5) is 23.0. The number of nitrogens with one attached hydrogen (secondary N) is 1. The normalized spacial score (nSPS) is 17.0. The molecule has 1 amide bonds. The number of nitriles is 1. The van der Waals surface area contributed by atoms with Crippen molar-refractivity contribution in [1.29, 1.82) is 5.26 Å². The van der Waals surface area contributed by atoms with Crippen molar-refractivity contribution < 1.29 is 40.5 Å². The second kappa shape index (κ2) is 14.4. The van der Waals surface area contributed by atoms with Crippen LogP contribution in [0.1, 0.15) is 54.2 Å². The Morgan fingerprint density at radius 2 is 2.05 bits per heavy atom. The van der Waals surface area contributed by atoms with Crippen molar-refractivity contribution in [2.75, 3.05) is 13.1 Å². The molecule has 1 fully saturated rings. The summed E-state index contributed by atoms with van der Waals surface area (Å²) in [6.45, 7) is 4.03. The van der Waals surface area contributed by atoms with Gasteiger partial charge in [0.1, 0.15) is 23.8 Å². The summed E-state index contributed by atoms with van der Waals surface area (Å²) in [5.41, 5.74) is 5.59. The van der Waals surface area contributed by atoms with Crippen LogP contribution in [0.2, 0.25) is 0 Å². The summed E-state index contributed by atoms with van der Waals surface area (Å²) in [7, 11) is 0. The number of thiazole rings is 1. The lowest BCUT2D eigenvalue weighted by atomic mass is 9.82. The molecule has 4 atom stereocenters. The number of H-pyrrole nitrogens is 1. The summed E-state index contributed by atoms with van der Waals surface area (Å²) >= 11 is 1.28. The van der Waals surface area contributed by atoms with Crippen molar-refractivity contribution in [3.63, 3.8) is 0 Å². The van der Waals surface area contributed by atoms with Crippen molar-refractivity contribution in [3.8, 4) is 17.3 Å². The zero-order valence-electron chi connectivity index (χ0n) is 23.8. The Bertz CT molecular complexity index is 1630. The van der Waals surface area contributed by atoms with Crippen LogP contribution in [0.15, 0.2) is 54.2 Å². The fourth-order valence-electron chi connectivity index (χ4n) is 4.93. The molecule has 0 spiro atoms. The molecule has 4 N–H and O–H groups in total. The topological polar surface area (TPSA) is 145 Å². The highest BCUT2D eigenvalue weighted by Gasteiger charge is 2.44. The number of nitrogens with two attached hydrogens (primary N) is 1. The molecule has 0 radical (unpaired) electrons.